The van der Waals surface area contributed by atoms with Crippen LogP contribution in [0.25, 0.3) is 0 Å². The molecule has 0 aliphatic carbocycles. The highest BCUT2D eigenvalue weighted by Crippen LogP contribution is 2.34. The van der Waals surface area contributed by atoms with Crippen LogP contribution >= 0.6 is 0 Å². The number of amides is 3. The van der Waals surface area contributed by atoms with Crippen molar-refractivity contribution in [2.75, 3.05) is 6.54 Å². The van der Waals surface area contributed by atoms with Crippen molar-refractivity contribution in [1.29, 1.82) is 0 Å². The van der Waals surface area contributed by atoms with E-state index in [1.165, 1.54) is 5.56 Å². The molecule has 3 unspecified atom stereocenters. The fraction of sp³-hybridized carbons (Fsp3) is 0.462. The Morgan fingerprint density at radius 3 is 2.26 bits per heavy atom. The summed E-state index contributed by atoms with van der Waals surface area (Å²) in [4.78, 5) is 27.9. The van der Waals surface area contributed by atoms with Gasteiger partial charge in [-0.15, -0.1) is 0 Å². The van der Waals surface area contributed by atoms with Crippen LogP contribution in [0.3, 0.4) is 0 Å². The molecule has 5 heteroatoms. The lowest BCUT2D eigenvalue weighted by Crippen LogP contribution is -2.51. The van der Waals surface area contributed by atoms with E-state index in [2.05, 4.69) is 41.8 Å². The molecule has 3 atom stereocenters. The number of benzene rings is 2. The van der Waals surface area contributed by atoms with E-state index in [1.54, 1.807) is 0 Å². The molecule has 5 nitrogen and oxygen atoms in total. The molecule has 1 heterocycles. The number of aryl methyl sites for hydroxylation is 1. The third-order valence-electron chi connectivity index (χ3n) is 6.06. The van der Waals surface area contributed by atoms with Crippen molar-refractivity contribution in [1.82, 2.24) is 15.5 Å². The lowest BCUT2D eigenvalue weighted by Gasteiger charge is -2.40. The summed E-state index contributed by atoms with van der Waals surface area (Å²) >= 11 is 0. The molecule has 0 radical (unpaired) electrons. The van der Waals surface area contributed by atoms with Gasteiger partial charge in [0.2, 0.25) is 5.91 Å². The molecule has 2 N–H and O–H groups in total. The first-order valence-corrected chi connectivity index (χ1v) is 11.4. The fourth-order valence-electron chi connectivity index (χ4n) is 4.22. The van der Waals surface area contributed by atoms with Gasteiger partial charge in [0.15, 0.2) is 0 Å². The highest BCUT2D eigenvalue weighted by molar-refractivity contribution is 5.81. The van der Waals surface area contributed by atoms with Crippen LogP contribution in [0.4, 0.5) is 4.79 Å². The summed E-state index contributed by atoms with van der Waals surface area (Å²) < 4.78 is 0. The van der Waals surface area contributed by atoms with E-state index in [4.69, 9.17) is 0 Å². The number of rotatable bonds is 6. The van der Waals surface area contributed by atoms with Crippen molar-refractivity contribution in [2.45, 2.75) is 65.1 Å². The Morgan fingerprint density at radius 2 is 1.65 bits per heavy atom. The van der Waals surface area contributed by atoms with E-state index in [0.29, 0.717) is 6.54 Å². The van der Waals surface area contributed by atoms with Crippen molar-refractivity contribution in [3.63, 3.8) is 0 Å². The molecule has 0 aromatic heterocycles. The predicted octanol–water partition coefficient (Wildman–Crippen LogP) is 5.00. The average Bonchev–Trinajstić information content (AvgIpc) is 2.78. The number of carbonyl (C=O) groups excluding carboxylic acids is 2. The molecule has 1 aliphatic rings. The monoisotopic (exact) mass is 421 g/mol. The van der Waals surface area contributed by atoms with Crippen LogP contribution in [0.15, 0.2) is 54.6 Å². The molecule has 166 valence electrons. The number of hydrogen-bond donors (Lipinski definition) is 2. The summed E-state index contributed by atoms with van der Waals surface area (Å²) in [5.41, 5.74) is 3.49. The average molecular weight is 422 g/mol. The Labute approximate surface area is 186 Å². The summed E-state index contributed by atoms with van der Waals surface area (Å²) in [6.45, 7) is 8.47. The van der Waals surface area contributed by atoms with Gasteiger partial charge in [-0.2, -0.15) is 0 Å². The largest absolute Gasteiger partial charge is 0.349 e. The van der Waals surface area contributed by atoms with Crippen LogP contribution in [0.2, 0.25) is 0 Å². The maximum atomic E-state index is 13.0. The summed E-state index contributed by atoms with van der Waals surface area (Å²) in [6, 6.07) is 18.3. The number of urea groups is 1. The lowest BCUT2D eigenvalue weighted by atomic mass is 9.88. The van der Waals surface area contributed by atoms with Gasteiger partial charge in [-0.05, 0) is 56.7 Å². The molecule has 3 rings (SSSR count). The van der Waals surface area contributed by atoms with E-state index < -0.39 is 0 Å². The van der Waals surface area contributed by atoms with Crippen LogP contribution in [-0.4, -0.2) is 29.4 Å². The number of piperidine rings is 1. The number of likely N-dealkylation sites (tertiary alicyclic amines) is 1. The first kappa shape index (κ1) is 22.9. The molecule has 0 bridgehead atoms. The molecule has 2 aromatic rings. The van der Waals surface area contributed by atoms with Gasteiger partial charge in [-0.25, -0.2) is 4.79 Å². The van der Waals surface area contributed by atoms with E-state index in [9.17, 15) is 9.59 Å². The maximum Gasteiger partial charge on any atom is 0.318 e. The van der Waals surface area contributed by atoms with Gasteiger partial charge < -0.3 is 15.5 Å². The third kappa shape index (κ3) is 5.87. The second-order valence-electron chi connectivity index (χ2n) is 8.78. The molecular formula is C26H35N3O2. The van der Waals surface area contributed by atoms with Gasteiger partial charge in [0.05, 0.1) is 18.0 Å². The molecule has 0 spiro atoms. The minimum Gasteiger partial charge on any atom is -0.349 e. The molecule has 2 aromatic carbocycles. The quantitative estimate of drug-likeness (QED) is 0.690. The second-order valence-corrected chi connectivity index (χ2v) is 8.78. The van der Waals surface area contributed by atoms with Crippen molar-refractivity contribution in [3.05, 3.63) is 71.3 Å². The molecular weight excluding hydrogens is 386 g/mol. The van der Waals surface area contributed by atoms with E-state index >= 15 is 0 Å². The summed E-state index contributed by atoms with van der Waals surface area (Å²) in [5.74, 6) is -0.200. The second kappa shape index (κ2) is 10.5. The zero-order chi connectivity index (χ0) is 22.4. The van der Waals surface area contributed by atoms with Crippen LogP contribution in [0.5, 0.6) is 0 Å². The van der Waals surface area contributed by atoms with Gasteiger partial charge in [-0.1, -0.05) is 61.5 Å². The maximum absolute atomic E-state index is 13.0. The number of carbonyl (C=O) groups is 2. The van der Waals surface area contributed by atoms with Gasteiger partial charge in [-0.3, -0.25) is 4.79 Å². The smallest absolute Gasteiger partial charge is 0.318 e. The molecule has 1 fully saturated rings. The predicted molar refractivity (Wildman–Crippen MR) is 125 cm³/mol. The lowest BCUT2D eigenvalue weighted by molar-refractivity contribution is -0.127. The molecule has 0 saturated carbocycles. The zero-order valence-corrected chi connectivity index (χ0v) is 19.1. The Bertz CT molecular complexity index is 864. The Balaban J connectivity index is 1.74. The summed E-state index contributed by atoms with van der Waals surface area (Å²) in [5, 5.41) is 6.15. The number of nitrogens with one attached hydrogen (secondary N) is 2. The topological polar surface area (TPSA) is 61.4 Å². The fourth-order valence-corrected chi connectivity index (χ4v) is 4.22. The number of nitrogens with zero attached hydrogens (tertiary/aromatic N) is 1. The van der Waals surface area contributed by atoms with E-state index in [0.717, 1.165) is 30.4 Å². The van der Waals surface area contributed by atoms with Crippen LogP contribution in [-0.2, 0) is 11.2 Å². The highest BCUT2D eigenvalue weighted by atomic mass is 16.2. The third-order valence-corrected chi connectivity index (χ3v) is 6.06. The minimum absolute atomic E-state index is 0.0125. The molecule has 3 amide bonds. The zero-order valence-electron chi connectivity index (χ0n) is 19.1. The van der Waals surface area contributed by atoms with Crippen molar-refractivity contribution in [3.8, 4) is 0 Å². The minimum atomic E-state index is -0.213. The Morgan fingerprint density at radius 1 is 0.968 bits per heavy atom. The van der Waals surface area contributed by atoms with Gasteiger partial charge in [0.25, 0.3) is 0 Å². The van der Waals surface area contributed by atoms with Crippen LogP contribution in [0, 0.1) is 5.92 Å². The van der Waals surface area contributed by atoms with Crippen LogP contribution < -0.4 is 10.6 Å². The van der Waals surface area contributed by atoms with Crippen molar-refractivity contribution >= 4 is 11.9 Å². The van der Waals surface area contributed by atoms with Crippen LogP contribution in [0.1, 0.15) is 69.3 Å². The van der Waals surface area contributed by atoms with E-state index in [-0.39, 0.29) is 36.0 Å². The summed E-state index contributed by atoms with van der Waals surface area (Å²) in [7, 11) is 0. The first-order valence-electron chi connectivity index (χ1n) is 11.4. The van der Waals surface area contributed by atoms with Gasteiger partial charge in [0, 0.05) is 12.6 Å². The van der Waals surface area contributed by atoms with Gasteiger partial charge >= 0.3 is 6.03 Å². The van der Waals surface area contributed by atoms with Crippen molar-refractivity contribution < 1.29 is 9.59 Å². The van der Waals surface area contributed by atoms with E-state index in [1.807, 2.05) is 56.0 Å². The van der Waals surface area contributed by atoms with Crippen molar-refractivity contribution in [2.24, 2.45) is 5.92 Å². The normalized spacial score (nSPS) is 19.7. The highest BCUT2D eigenvalue weighted by Gasteiger charge is 2.36. The summed E-state index contributed by atoms with van der Waals surface area (Å²) in [6.07, 6.45) is 2.53. The standard InChI is InChI=1S/C26H35N3O2/c1-5-20-11-13-22(14-12-20)24-16-15-23(17-29(24)26(31)27-18(2)3)25(30)28-19(4)21-9-7-6-8-10-21/h6-14,18-19,23-24H,5,15-17H2,1-4H3,(H,27,31)(H,28,30). The Kier molecular flexibility index (Phi) is 7.72. The number of hydrogen-bond acceptors (Lipinski definition) is 2. The molecule has 31 heavy (non-hydrogen) atoms. The molecule has 1 aliphatic heterocycles. The first-order chi connectivity index (χ1) is 14.9. The Hall–Kier alpha value is -2.82. The van der Waals surface area contributed by atoms with Gasteiger partial charge in [0.1, 0.15) is 0 Å². The SMILES string of the molecule is CCc1ccc(C2CCC(C(=O)NC(C)c3ccccc3)CN2C(=O)NC(C)C)cc1. The molecule has 1 saturated heterocycles.